The second-order valence-electron chi connectivity index (χ2n) is 1.64. The van der Waals surface area contributed by atoms with Gasteiger partial charge in [-0.15, -0.1) is 0 Å². The Balaban J connectivity index is 4.35. The lowest BCUT2D eigenvalue weighted by atomic mass is 10.5. The van der Waals surface area contributed by atoms with Crippen molar-refractivity contribution in [3.05, 3.63) is 0 Å². The SMILES string of the molecule is O=C(CC(F)(F)F)S(=O)(=O)O. The first-order valence-electron chi connectivity index (χ1n) is 2.20. The average molecular weight is 192 g/mol. The van der Waals surface area contributed by atoms with Gasteiger partial charge in [0, 0.05) is 0 Å². The average Bonchev–Trinajstić information content (AvgIpc) is 1.56. The van der Waals surface area contributed by atoms with Crippen molar-refractivity contribution in [1.82, 2.24) is 0 Å². The van der Waals surface area contributed by atoms with Gasteiger partial charge in [-0.2, -0.15) is 21.6 Å². The van der Waals surface area contributed by atoms with Crippen LogP contribution in [-0.4, -0.2) is 24.3 Å². The summed E-state index contributed by atoms with van der Waals surface area (Å²) < 4.78 is 60.9. The van der Waals surface area contributed by atoms with Crippen molar-refractivity contribution in [3.8, 4) is 0 Å². The van der Waals surface area contributed by atoms with E-state index < -0.39 is 27.8 Å². The number of rotatable bonds is 1. The number of carbonyl (C=O) groups is 1. The van der Waals surface area contributed by atoms with E-state index in [1.54, 1.807) is 0 Å². The zero-order valence-corrected chi connectivity index (χ0v) is 5.74. The van der Waals surface area contributed by atoms with Crippen molar-refractivity contribution in [1.29, 1.82) is 0 Å². The molecule has 8 heteroatoms. The number of halogens is 3. The van der Waals surface area contributed by atoms with Crippen molar-refractivity contribution >= 4 is 15.2 Å². The fourth-order valence-corrected chi connectivity index (χ4v) is 0.601. The Hall–Kier alpha value is -0.630. The second kappa shape index (κ2) is 2.78. The van der Waals surface area contributed by atoms with Crippen molar-refractivity contribution in [3.63, 3.8) is 0 Å². The molecule has 0 rings (SSSR count). The van der Waals surface area contributed by atoms with Crippen LogP contribution < -0.4 is 0 Å². The minimum absolute atomic E-state index is 2.16. The van der Waals surface area contributed by atoms with E-state index in [2.05, 4.69) is 0 Å². The van der Waals surface area contributed by atoms with Gasteiger partial charge >= 0.3 is 16.3 Å². The summed E-state index contributed by atoms with van der Waals surface area (Å²) >= 11 is 0. The smallest absolute Gasteiger partial charge is 0.280 e. The maximum Gasteiger partial charge on any atom is 0.397 e. The highest BCUT2D eigenvalue weighted by atomic mass is 32.2. The summed E-state index contributed by atoms with van der Waals surface area (Å²) in [6, 6.07) is 0. The molecule has 0 aliphatic heterocycles. The van der Waals surface area contributed by atoms with Crippen molar-refractivity contribution in [2.75, 3.05) is 0 Å². The molecule has 0 saturated heterocycles. The molecule has 0 aromatic rings. The summed E-state index contributed by atoms with van der Waals surface area (Å²) in [5, 5.41) is -2.25. The molecule has 0 aliphatic rings. The van der Waals surface area contributed by atoms with E-state index >= 15 is 0 Å². The lowest BCUT2D eigenvalue weighted by molar-refractivity contribution is -0.147. The Morgan fingerprint density at radius 1 is 1.36 bits per heavy atom. The van der Waals surface area contributed by atoms with Gasteiger partial charge in [0.25, 0.3) is 5.12 Å². The summed E-state index contributed by atoms with van der Waals surface area (Å²) in [7, 11) is -5.19. The first-order valence-corrected chi connectivity index (χ1v) is 3.64. The van der Waals surface area contributed by atoms with Gasteiger partial charge in [0.2, 0.25) is 0 Å². The molecule has 0 fully saturated rings. The molecule has 0 radical (unpaired) electrons. The highest BCUT2D eigenvalue weighted by Crippen LogP contribution is 2.20. The minimum atomic E-state index is -5.19. The second-order valence-corrected chi connectivity index (χ2v) is 3.04. The van der Waals surface area contributed by atoms with Crippen molar-refractivity contribution < 1.29 is 30.9 Å². The van der Waals surface area contributed by atoms with Crippen LogP contribution in [0.1, 0.15) is 6.42 Å². The number of hydrogen-bond acceptors (Lipinski definition) is 3. The van der Waals surface area contributed by atoms with Gasteiger partial charge in [-0.05, 0) is 0 Å². The van der Waals surface area contributed by atoms with Gasteiger partial charge in [0.1, 0.15) is 6.42 Å². The standard InChI is InChI=1S/C3H3F3O4S/c4-3(5,6)1-2(7)11(8,9)10/h1H2,(H,8,9,10). The monoisotopic (exact) mass is 192 g/mol. The molecule has 0 aromatic carbocycles. The zero-order valence-electron chi connectivity index (χ0n) is 4.92. The van der Waals surface area contributed by atoms with Crippen LogP contribution >= 0.6 is 0 Å². The van der Waals surface area contributed by atoms with Gasteiger partial charge < -0.3 is 0 Å². The van der Waals surface area contributed by atoms with Crippen molar-refractivity contribution in [2.24, 2.45) is 0 Å². The molecule has 0 spiro atoms. The summed E-state index contributed by atoms with van der Waals surface area (Å²) in [6.45, 7) is 0. The van der Waals surface area contributed by atoms with Crippen LogP contribution in [0.25, 0.3) is 0 Å². The number of alkyl halides is 3. The van der Waals surface area contributed by atoms with Crippen LogP contribution in [-0.2, 0) is 14.9 Å². The molecule has 66 valence electrons. The van der Waals surface area contributed by atoms with E-state index in [1.165, 1.54) is 0 Å². The van der Waals surface area contributed by atoms with Crippen LogP contribution in [0.5, 0.6) is 0 Å². The predicted molar refractivity (Wildman–Crippen MR) is 27.2 cm³/mol. The highest BCUT2D eigenvalue weighted by molar-refractivity contribution is 8.01. The molecule has 11 heavy (non-hydrogen) atoms. The first kappa shape index (κ1) is 10.4. The van der Waals surface area contributed by atoms with Crippen LogP contribution in [0.4, 0.5) is 13.2 Å². The lowest BCUT2D eigenvalue weighted by Gasteiger charge is -2.01. The maximum atomic E-state index is 11.2. The molecule has 0 bridgehead atoms. The highest BCUT2D eigenvalue weighted by Gasteiger charge is 2.36. The van der Waals surface area contributed by atoms with E-state index in [9.17, 15) is 26.4 Å². The summed E-state index contributed by atoms with van der Waals surface area (Å²) in [4.78, 5) is 9.92. The molecule has 0 amide bonds. The molecule has 0 aromatic heterocycles. The van der Waals surface area contributed by atoms with E-state index in [0.717, 1.165) is 0 Å². The van der Waals surface area contributed by atoms with E-state index in [1.807, 2.05) is 0 Å². The largest absolute Gasteiger partial charge is 0.397 e. The van der Waals surface area contributed by atoms with Gasteiger partial charge in [-0.3, -0.25) is 9.35 Å². The van der Waals surface area contributed by atoms with Crippen LogP contribution in [0.2, 0.25) is 0 Å². The Kier molecular flexibility index (Phi) is 2.62. The fourth-order valence-electron chi connectivity index (χ4n) is 0.255. The summed E-state index contributed by atoms with van der Waals surface area (Å²) in [5.74, 6) is 0. The third kappa shape index (κ3) is 4.73. The molecule has 0 saturated carbocycles. The first-order chi connectivity index (χ1) is 4.63. The van der Waals surface area contributed by atoms with Crippen LogP contribution in [0.3, 0.4) is 0 Å². The predicted octanol–water partition coefficient (Wildman–Crippen LogP) is 0.353. The molecule has 1 N–H and O–H groups in total. The zero-order chi connectivity index (χ0) is 9.28. The Morgan fingerprint density at radius 2 is 1.73 bits per heavy atom. The van der Waals surface area contributed by atoms with Crippen LogP contribution in [0, 0.1) is 0 Å². The van der Waals surface area contributed by atoms with Gasteiger partial charge in [0.05, 0.1) is 0 Å². The lowest BCUT2D eigenvalue weighted by Crippen LogP contribution is -2.21. The molecule has 4 nitrogen and oxygen atoms in total. The Labute approximate surface area is 59.8 Å². The number of hydrogen-bond donors (Lipinski definition) is 1. The molecular weight excluding hydrogens is 189 g/mol. The van der Waals surface area contributed by atoms with Gasteiger partial charge in [-0.1, -0.05) is 0 Å². The van der Waals surface area contributed by atoms with Gasteiger partial charge in [-0.25, -0.2) is 0 Å². The Bertz CT molecular complexity index is 250. The third-order valence-electron chi connectivity index (χ3n) is 0.632. The summed E-state index contributed by atoms with van der Waals surface area (Å²) in [5.41, 5.74) is 0. The molecular formula is C3H3F3O4S. The normalized spacial score (nSPS) is 13.1. The van der Waals surface area contributed by atoms with Crippen molar-refractivity contribution in [2.45, 2.75) is 12.6 Å². The van der Waals surface area contributed by atoms with Gasteiger partial charge in [0.15, 0.2) is 0 Å². The quantitative estimate of drug-likeness (QED) is 0.608. The topological polar surface area (TPSA) is 71.4 Å². The fraction of sp³-hybridized carbons (Fsp3) is 0.667. The molecule has 0 heterocycles. The van der Waals surface area contributed by atoms with E-state index in [-0.39, 0.29) is 0 Å². The maximum absolute atomic E-state index is 11.2. The molecule has 0 unspecified atom stereocenters. The number of carbonyl (C=O) groups excluding carboxylic acids is 1. The Morgan fingerprint density at radius 3 is 1.82 bits per heavy atom. The van der Waals surface area contributed by atoms with Crippen LogP contribution in [0.15, 0.2) is 0 Å². The van der Waals surface area contributed by atoms with E-state index in [0.29, 0.717) is 0 Å². The van der Waals surface area contributed by atoms with E-state index in [4.69, 9.17) is 4.55 Å². The molecule has 0 atom stereocenters. The minimum Gasteiger partial charge on any atom is -0.280 e. The molecule has 0 aliphatic carbocycles. The third-order valence-corrected chi connectivity index (χ3v) is 1.35. The summed E-state index contributed by atoms with van der Waals surface area (Å²) in [6.07, 6.45) is -7.07.